The van der Waals surface area contributed by atoms with Crippen molar-refractivity contribution in [3.8, 4) is 11.5 Å². The zero-order chi connectivity index (χ0) is 15.2. The number of halogens is 1. The summed E-state index contributed by atoms with van der Waals surface area (Å²) in [7, 11) is 3.42. The standard InChI is InChI=1S/C15H21ClN2O3/c1-17-9-11-7-12(16)15(13(8-11)20-2)21-10-14(19)18-5-3-4-6-18/h7-8,17H,3-6,9-10H2,1-2H3. The van der Waals surface area contributed by atoms with Crippen LogP contribution >= 0.6 is 11.6 Å². The Morgan fingerprint density at radius 2 is 2.10 bits per heavy atom. The van der Waals surface area contributed by atoms with Gasteiger partial charge in [0.15, 0.2) is 18.1 Å². The van der Waals surface area contributed by atoms with Crippen LogP contribution < -0.4 is 14.8 Å². The molecule has 1 aromatic rings. The molecule has 1 amide bonds. The minimum absolute atomic E-state index is 0.00933. The molecule has 1 N–H and O–H groups in total. The molecule has 0 spiro atoms. The first-order valence-electron chi connectivity index (χ1n) is 7.07. The van der Waals surface area contributed by atoms with Gasteiger partial charge in [-0.1, -0.05) is 11.6 Å². The zero-order valence-corrected chi connectivity index (χ0v) is 13.2. The van der Waals surface area contributed by atoms with Crippen LogP contribution in [-0.4, -0.2) is 44.7 Å². The van der Waals surface area contributed by atoms with E-state index in [4.69, 9.17) is 21.1 Å². The predicted molar refractivity (Wildman–Crippen MR) is 82.1 cm³/mol. The van der Waals surface area contributed by atoms with E-state index in [0.29, 0.717) is 23.1 Å². The summed E-state index contributed by atoms with van der Waals surface area (Å²) in [4.78, 5) is 13.8. The third-order valence-electron chi connectivity index (χ3n) is 3.47. The first kappa shape index (κ1) is 15.9. The van der Waals surface area contributed by atoms with Gasteiger partial charge in [0.1, 0.15) is 0 Å². The summed E-state index contributed by atoms with van der Waals surface area (Å²) in [6.07, 6.45) is 2.13. The fourth-order valence-corrected chi connectivity index (χ4v) is 2.70. The summed E-state index contributed by atoms with van der Waals surface area (Å²) < 4.78 is 10.9. The fourth-order valence-electron chi connectivity index (χ4n) is 2.41. The Kier molecular flexibility index (Phi) is 5.70. The van der Waals surface area contributed by atoms with Crippen molar-refractivity contribution in [1.29, 1.82) is 0 Å². The molecule has 0 aromatic heterocycles. The van der Waals surface area contributed by atoms with Gasteiger partial charge in [0.25, 0.3) is 5.91 Å². The van der Waals surface area contributed by atoms with E-state index >= 15 is 0 Å². The number of hydrogen-bond acceptors (Lipinski definition) is 4. The Balaban J connectivity index is 2.06. The van der Waals surface area contributed by atoms with Gasteiger partial charge < -0.3 is 19.7 Å². The molecule has 0 saturated carbocycles. The molecule has 0 bridgehead atoms. The van der Waals surface area contributed by atoms with Gasteiger partial charge in [-0.15, -0.1) is 0 Å². The number of amides is 1. The summed E-state index contributed by atoms with van der Waals surface area (Å²) in [5, 5.41) is 3.51. The molecule has 1 saturated heterocycles. The first-order chi connectivity index (χ1) is 10.2. The fraction of sp³-hybridized carbons (Fsp3) is 0.533. The van der Waals surface area contributed by atoms with Crippen LogP contribution in [-0.2, 0) is 11.3 Å². The molecule has 0 atom stereocenters. The average Bonchev–Trinajstić information content (AvgIpc) is 3.00. The van der Waals surface area contributed by atoms with E-state index in [-0.39, 0.29) is 12.5 Å². The van der Waals surface area contributed by atoms with Gasteiger partial charge >= 0.3 is 0 Å². The van der Waals surface area contributed by atoms with E-state index in [0.717, 1.165) is 31.5 Å². The predicted octanol–water partition coefficient (Wildman–Crippen LogP) is 2.07. The van der Waals surface area contributed by atoms with Crippen molar-refractivity contribution in [2.75, 3.05) is 33.9 Å². The minimum Gasteiger partial charge on any atom is -0.493 e. The molecule has 1 aliphatic rings. The molecular formula is C15H21ClN2O3. The van der Waals surface area contributed by atoms with Crippen molar-refractivity contribution >= 4 is 17.5 Å². The Bertz CT molecular complexity index is 502. The van der Waals surface area contributed by atoms with Crippen LogP contribution in [0, 0.1) is 0 Å². The normalized spacial score (nSPS) is 14.3. The number of benzene rings is 1. The lowest BCUT2D eigenvalue weighted by Crippen LogP contribution is -2.32. The number of hydrogen-bond donors (Lipinski definition) is 1. The molecule has 1 aromatic carbocycles. The monoisotopic (exact) mass is 312 g/mol. The second-order valence-corrected chi connectivity index (χ2v) is 5.42. The van der Waals surface area contributed by atoms with Crippen molar-refractivity contribution in [1.82, 2.24) is 10.2 Å². The highest BCUT2D eigenvalue weighted by Crippen LogP contribution is 2.36. The van der Waals surface area contributed by atoms with E-state index < -0.39 is 0 Å². The van der Waals surface area contributed by atoms with Crippen LogP contribution in [0.1, 0.15) is 18.4 Å². The molecule has 0 radical (unpaired) electrons. The van der Waals surface area contributed by atoms with Gasteiger partial charge in [0.05, 0.1) is 12.1 Å². The summed E-state index contributed by atoms with van der Waals surface area (Å²) >= 11 is 6.23. The highest BCUT2D eigenvalue weighted by Gasteiger charge is 2.20. The summed E-state index contributed by atoms with van der Waals surface area (Å²) in [6.45, 7) is 2.30. The van der Waals surface area contributed by atoms with Crippen molar-refractivity contribution < 1.29 is 14.3 Å². The molecule has 1 aliphatic heterocycles. The number of ether oxygens (including phenoxy) is 2. The summed E-state index contributed by atoms with van der Waals surface area (Å²) in [5.74, 6) is 0.957. The third kappa shape index (κ3) is 4.02. The van der Waals surface area contributed by atoms with E-state index in [1.165, 1.54) is 0 Å². The molecule has 5 nitrogen and oxygen atoms in total. The lowest BCUT2D eigenvalue weighted by atomic mass is 10.2. The molecule has 6 heteroatoms. The molecule has 1 heterocycles. The molecular weight excluding hydrogens is 292 g/mol. The van der Waals surface area contributed by atoms with E-state index in [9.17, 15) is 4.79 Å². The first-order valence-corrected chi connectivity index (χ1v) is 7.45. The van der Waals surface area contributed by atoms with Gasteiger partial charge in [0.2, 0.25) is 0 Å². The number of likely N-dealkylation sites (tertiary alicyclic amines) is 1. The number of rotatable bonds is 6. The van der Waals surface area contributed by atoms with Crippen LogP contribution in [0.4, 0.5) is 0 Å². The Labute approximate surface area is 130 Å². The number of nitrogens with zero attached hydrogens (tertiary/aromatic N) is 1. The van der Waals surface area contributed by atoms with Crippen molar-refractivity contribution in [2.24, 2.45) is 0 Å². The van der Waals surface area contributed by atoms with Gasteiger partial charge in [0, 0.05) is 19.6 Å². The number of methoxy groups -OCH3 is 1. The lowest BCUT2D eigenvalue weighted by molar-refractivity contribution is -0.132. The quantitative estimate of drug-likeness (QED) is 0.873. The highest BCUT2D eigenvalue weighted by molar-refractivity contribution is 6.32. The molecule has 116 valence electrons. The smallest absolute Gasteiger partial charge is 0.260 e. The van der Waals surface area contributed by atoms with Gasteiger partial charge in [-0.3, -0.25) is 4.79 Å². The second-order valence-electron chi connectivity index (χ2n) is 5.02. The molecule has 0 unspecified atom stereocenters. The largest absolute Gasteiger partial charge is 0.493 e. The maximum atomic E-state index is 12.0. The number of carbonyl (C=O) groups excluding carboxylic acids is 1. The van der Waals surface area contributed by atoms with Gasteiger partial charge in [-0.2, -0.15) is 0 Å². The van der Waals surface area contributed by atoms with Crippen LogP contribution in [0.2, 0.25) is 5.02 Å². The molecule has 1 fully saturated rings. The van der Waals surface area contributed by atoms with Crippen molar-refractivity contribution in [2.45, 2.75) is 19.4 Å². The van der Waals surface area contributed by atoms with Crippen LogP contribution in [0.15, 0.2) is 12.1 Å². The number of nitrogens with one attached hydrogen (secondary N) is 1. The van der Waals surface area contributed by atoms with Gasteiger partial charge in [-0.05, 0) is 37.6 Å². The average molecular weight is 313 g/mol. The van der Waals surface area contributed by atoms with E-state index in [2.05, 4.69) is 5.32 Å². The van der Waals surface area contributed by atoms with Crippen LogP contribution in [0.3, 0.4) is 0 Å². The van der Waals surface area contributed by atoms with Crippen molar-refractivity contribution in [3.05, 3.63) is 22.7 Å². The van der Waals surface area contributed by atoms with Crippen molar-refractivity contribution in [3.63, 3.8) is 0 Å². The maximum Gasteiger partial charge on any atom is 0.260 e. The van der Waals surface area contributed by atoms with Gasteiger partial charge in [-0.25, -0.2) is 0 Å². The zero-order valence-electron chi connectivity index (χ0n) is 12.4. The number of carbonyl (C=O) groups is 1. The van der Waals surface area contributed by atoms with Crippen LogP contribution in [0.25, 0.3) is 0 Å². The van der Waals surface area contributed by atoms with E-state index in [1.807, 2.05) is 24.1 Å². The maximum absolute atomic E-state index is 12.0. The molecule has 0 aliphatic carbocycles. The Morgan fingerprint density at radius 1 is 1.38 bits per heavy atom. The topological polar surface area (TPSA) is 50.8 Å². The SMILES string of the molecule is CNCc1cc(Cl)c(OCC(=O)N2CCCC2)c(OC)c1. The van der Waals surface area contributed by atoms with E-state index in [1.54, 1.807) is 7.11 Å². The third-order valence-corrected chi connectivity index (χ3v) is 3.75. The Hall–Kier alpha value is -1.46. The van der Waals surface area contributed by atoms with Crippen LogP contribution in [0.5, 0.6) is 11.5 Å². The Morgan fingerprint density at radius 3 is 2.71 bits per heavy atom. The lowest BCUT2D eigenvalue weighted by Gasteiger charge is -2.17. The second kappa shape index (κ2) is 7.52. The summed E-state index contributed by atoms with van der Waals surface area (Å²) in [6, 6.07) is 3.67. The molecule has 21 heavy (non-hydrogen) atoms. The molecule has 2 rings (SSSR count). The minimum atomic E-state index is -0.0124. The highest BCUT2D eigenvalue weighted by atomic mass is 35.5. The summed E-state index contributed by atoms with van der Waals surface area (Å²) in [5.41, 5.74) is 0.998.